The average molecular weight is 234 g/mol. The van der Waals surface area contributed by atoms with E-state index in [1.807, 2.05) is 0 Å². The highest BCUT2D eigenvalue weighted by Gasteiger charge is 1.96. The van der Waals surface area contributed by atoms with E-state index in [1.54, 1.807) is 6.07 Å². The molecule has 12 heavy (non-hydrogen) atoms. The van der Waals surface area contributed by atoms with E-state index < -0.39 is 6.67 Å². The summed E-state index contributed by atoms with van der Waals surface area (Å²) in [5.41, 5.74) is 0.405. The maximum absolute atomic E-state index is 12.1. The van der Waals surface area contributed by atoms with Gasteiger partial charge in [-0.15, -0.1) is 0 Å². The molecule has 1 aromatic rings. The van der Waals surface area contributed by atoms with Crippen molar-refractivity contribution in [2.45, 2.75) is 6.67 Å². The van der Waals surface area contributed by atoms with Gasteiger partial charge in [-0.3, -0.25) is 0 Å². The largest absolute Gasteiger partial charge is 0.369 e. The van der Waals surface area contributed by atoms with Crippen LogP contribution in [-0.2, 0) is 6.67 Å². The van der Waals surface area contributed by atoms with Gasteiger partial charge in [0.05, 0.1) is 5.69 Å². The first-order valence-corrected chi connectivity index (χ1v) is 4.65. The SMILES string of the molecule is FCc1cc(NCCBr)ncn1. The molecule has 0 spiro atoms. The van der Waals surface area contributed by atoms with Crippen molar-refractivity contribution < 1.29 is 4.39 Å². The van der Waals surface area contributed by atoms with Crippen molar-refractivity contribution >= 4 is 21.7 Å². The van der Waals surface area contributed by atoms with Crippen LogP contribution in [0.2, 0.25) is 0 Å². The molecule has 0 saturated carbocycles. The van der Waals surface area contributed by atoms with E-state index in [1.165, 1.54) is 6.33 Å². The first-order valence-electron chi connectivity index (χ1n) is 3.53. The number of anilines is 1. The van der Waals surface area contributed by atoms with Crippen molar-refractivity contribution in [2.24, 2.45) is 0 Å². The van der Waals surface area contributed by atoms with E-state index in [0.29, 0.717) is 11.5 Å². The molecular formula is C7H9BrFN3. The van der Waals surface area contributed by atoms with Gasteiger partial charge in [-0.25, -0.2) is 14.4 Å². The number of hydrogen-bond donors (Lipinski definition) is 1. The average Bonchev–Trinajstić information content (AvgIpc) is 2.15. The van der Waals surface area contributed by atoms with E-state index >= 15 is 0 Å². The first kappa shape index (κ1) is 9.38. The molecule has 1 N–H and O–H groups in total. The molecule has 1 rings (SSSR count). The lowest BCUT2D eigenvalue weighted by atomic mass is 10.4. The minimum Gasteiger partial charge on any atom is -0.369 e. The van der Waals surface area contributed by atoms with Gasteiger partial charge in [-0.2, -0.15) is 0 Å². The Morgan fingerprint density at radius 2 is 2.33 bits per heavy atom. The molecule has 3 nitrogen and oxygen atoms in total. The zero-order valence-corrected chi connectivity index (χ0v) is 8.01. The summed E-state index contributed by atoms with van der Waals surface area (Å²) in [5, 5.41) is 3.84. The van der Waals surface area contributed by atoms with E-state index in [9.17, 15) is 4.39 Å². The number of nitrogens with one attached hydrogen (secondary N) is 1. The summed E-state index contributed by atoms with van der Waals surface area (Å²) in [4.78, 5) is 7.64. The maximum Gasteiger partial charge on any atom is 0.132 e. The molecule has 0 bridgehead atoms. The molecule has 0 amide bonds. The maximum atomic E-state index is 12.1. The van der Waals surface area contributed by atoms with Crippen molar-refractivity contribution in [2.75, 3.05) is 17.2 Å². The number of rotatable bonds is 4. The number of halogens is 2. The van der Waals surface area contributed by atoms with Crippen LogP contribution < -0.4 is 5.32 Å². The van der Waals surface area contributed by atoms with Crippen LogP contribution in [0.5, 0.6) is 0 Å². The van der Waals surface area contributed by atoms with Gasteiger partial charge in [-0.05, 0) is 0 Å². The smallest absolute Gasteiger partial charge is 0.132 e. The van der Waals surface area contributed by atoms with Crippen molar-refractivity contribution in [3.63, 3.8) is 0 Å². The summed E-state index contributed by atoms with van der Waals surface area (Å²) in [6.07, 6.45) is 1.35. The minimum atomic E-state index is -0.550. The Hall–Kier alpha value is -0.710. The summed E-state index contributed by atoms with van der Waals surface area (Å²) < 4.78 is 12.1. The van der Waals surface area contributed by atoms with Gasteiger partial charge < -0.3 is 5.32 Å². The zero-order valence-electron chi connectivity index (χ0n) is 6.43. The molecule has 0 aliphatic carbocycles. The summed E-state index contributed by atoms with van der Waals surface area (Å²) >= 11 is 3.26. The molecule has 0 atom stereocenters. The molecule has 5 heteroatoms. The monoisotopic (exact) mass is 233 g/mol. The molecule has 66 valence electrons. The fraction of sp³-hybridized carbons (Fsp3) is 0.429. The second-order valence-corrected chi connectivity index (χ2v) is 2.94. The number of hydrogen-bond acceptors (Lipinski definition) is 3. The second-order valence-electron chi connectivity index (χ2n) is 2.14. The van der Waals surface area contributed by atoms with Crippen LogP contribution >= 0.6 is 15.9 Å². The third-order valence-electron chi connectivity index (χ3n) is 1.26. The van der Waals surface area contributed by atoms with Gasteiger partial charge in [0.2, 0.25) is 0 Å². The molecule has 0 aliphatic heterocycles. The first-order chi connectivity index (χ1) is 5.86. The highest BCUT2D eigenvalue weighted by molar-refractivity contribution is 9.09. The Morgan fingerprint density at radius 3 is 3.00 bits per heavy atom. The van der Waals surface area contributed by atoms with E-state index in [2.05, 4.69) is 31.2 Å². The molecule has 1 aromatic heterocycles. The Kier molecular flexibility index (Phi) is 3.93. The lowest BCUT2D eigenvalue weighted by Gasteiger charge is -2.02. The van der Waals surface area contributed by atoms with Crippen LogP contribution in [-0.4, -0.2) is 21.8 Å². The highest BCUT2D eigenvalue weighted by Crippen LogP contribution is 2.04. The quantitative estimate of drug-likeness (QED) is 0.806. The van der Waals surface area contributed by atoms with Crippen LogP contribution in [0.4, 0.5) is 10.2 Å². The Morgan fingerprint density at radius 1 is 1.50 bits per heavy atom. The highest BCUT2D eigenvalue weighted by atomic mass is 79.9. The van der Waals surface area contributed by atoms with Crippen LogP contribution in [0.3, 0.4) is 0 Å². The van der Waals surface area contributed by atoms with Gasteiger partial charge in [0.25, 0.3) is 0 Å². The molecule has 0 fully saturated rings. The normalized spacial score (nSPS) is 9.83. The van der Waals surface area contributed by atoms with Gasteiger partial charge in [-0.1, -0.05) is 15.9 Å². The van der Waals surface area contributed by atoms with Gasteiger partial charge >= 0.3 is 0 Å². The van der Waals surface area contributed by atoms with Crippen molar-refractivity contribution in [1.82, 2.24) is 9.97 Å². The third kappa shape index (κ3) is 2.73. The Balaban J connectivity index is 2.60. The molecule has 0 saturated heterocycles. The van der Waals surface area contributed by atoms with Crippen molar-refractivity contribution in [3.8, 4) is 0 Å². The standard InChI is InChI=1S/C7H9BrFN3/c8-1-2-10-7-3-6(4-9)11-5-12-7/h3,5H,1-2,4H2,(H,10,11,12). The molecule has 0 radical (unpaired) electrons. The van der Waals surface area contributed by atoms with Gasteiger partial charge in [0, 0.05) is 17.9 Å². The van der Waals surface area contributed by atoms with E-state index in [-0.39, 0.29) is 0 Å². The number of nitrogens with zero attached hydrogens (tertiary/aromatic N) is 2. The van der Waals surface area contributed by atoms with Crippen molar-refractivity contribution in [3.05, 3.63) is 18.1 Å². The predicted octanol–water partition coefficient (Wildman–Crippen LogP) is 1.75. The number of aromatic nitrogens is 2. The molecule has 1 heterocycles. The van der Waals surface area contributed by atoms with Crippen LogP contribution in [0.25, 0.3) is 0 Å². The van der Waals surface area contributed by atoms with Gasteiger partial charge in [0.1, 0.15) is 18.8 Å². The van der Waals surface area contributed by atoms with E-state index in [4.69, 9.17) is 0 Å². The third-order valence-corrected chi connectivity index (χ3v) is 1.66. The van der Waals surface area contributed by atoms with Gasteiger partial charge in [0.15, 0.2) is 0 Å². The van der Waals surface area contributed by atoms with Crippen LogP contribution in [0.15, 0.2) is 12.4 Å². The summed E-state index contributed by atoms with van der Waals surface area (Å²) in [6.45, 7) is 0.217. The lowest BCUT2D eigenvalue weighted by molar-refractivity contribution is 0.475. The summed E-state index contributed by atoms with van der Waals surface area (Å²) in [7, 11) is 0. The Bertz CT molecular complexity index is 244. The molecule has 0 unspecified atom stereocenters. The van der Waals surface area contributed by atoms with E-state index in [0.717, 1.165) is 11.9 Å². The summed E-state index contributed by atoms with van der Waals surface area (Å²) in [6, 6.07) is 1.60. The topological polar surface area (TPSA) is 37.8 Å². The summed E-state index contributed by atoms with van der Waals surface area (Å²) in [5.74, 6) is 0.664. The fourth-order valence-electron chi connectivity index (χ4n) is 0.743. The molecule has 0 aromatic carbocycles. The number of alkyl halides is 2. The zero-order chi connectivity index (χ0) is 8.81. The van der Waals surface area contributed by atoms with Crippen LogP contribution in [0.1, 0.15) is 5.69 Å². The van der Waals surface area contributed by atoms with Crippen LogP contribution in [0, 0.1) is 0 Å². The molecular weight excluding hydrogens is 225 g/mol. The minimum absolute atomic E-state index is 0.405. The van der Waals surface area contributed by atoms with Crippen molar-refractivity contribution in [1.29, 1.82) is 0 Å². The lowest BCUT2D eigenvalue weighted by Crippen LogP contribution is -2.04. The Labute approximate surface area is 78.5 Å². The molecule has 0 aliphatic rings. The predicted molar refractivity (Wildman–Crippen MR) is 49.1 cm³/mol. The fourth-order valence-corrected chi connectivity index (χ4v) is 0.941. The second kappa shape index (κ2) is 5.03.